The molecule has 230 valence electrons. The number of nitrogens with zero attached hydrogens (tertiary/aromatic N) is 1. The highest BCUT2D eigenvalue weighted by molar-refractivity contribution is 5.88. The van der Waals surface area contributed by atoms with Gasteiger partial charge in [0, 0.05) is 32.5 Å². The fourth-order valence-corrected chi connectivity index (χ4v) is 5.06. The lowest BCUT2D eigenvalue weighted by Gasteiger charge is -2.28. The van der Waals surface area contributed by atoms with Gasteiger partial charge in [-0.25, -0.2) is 0 Å². The van der Waals surface area contributed by atoms with Crippen molar-refractivity contribution >= 4 is 17.8 Å². The first-order chi connectivity index (χ1) is 19.0. The van der Waals surface area contributed by atoms with Gasteiger partial charge in [-0.15, -0.1) is 0 Å². The molecule has 7 heteroatoms. The average Bonchev–Trinajstić information content (AvgIpc) is 2.91. The molecule has 0 spiro atoms. The van der Waals surface area contributed by atoms with Gasteiger partial charge >= 0.3 is 5.97 Å². The average molecular weight is 554 g/mol. The zero-order valence-electron chi connectivity index (χ0n) is 25.7. The van der Waals surface area contributed by atoms with Crippen LogP contribution in [0.5, 0.6) is 0 Å². The molecule has 0 unspecified atom stereocenters. The van der Waals surface area contributed by atoms with E-state index in [0.717, 1.165) is 25.7 Å². The van der Waals surface area contributed by atoms with E-state index in [1.54, 1.807) is 0 Å². The Morgan fingerprint density at radius 3 is 1.38 bits per heavy atom. The molecule has 0 bridgehead atoms. The van der Waals surface area contributed by atoms with Crippen LogP contribution in [0.15, 0.2) is 0 Å². The van der Waals surface area contributed by atoms with E-state index in [-0.39, 0.29) is 37.6 Å². The highest BCUT2D eigenvalue weighted by Gasteiger charge is 2.26. The van der Waals surface area contributed by atoms with Gasteiger partial charge in [-0.1, -0.05) is 129 Å². The predicted octanol–water partition coefficient (Wildman–Crippen LogP) is 7.36. The Morgan fingerprint density at radius 2 is 1.03 bits per heavy atom. The Hall–Kier alpha value is -1.63. The molecule has 0 aromatic rings. The molecule has 39 heavy (non-hydrogen) atoms. The van der Waals surface area contributed by atoms with E-state index in [1.807, 2.05) is 4.90 Å². The lowest BCUT2D eigenvalue weighted by Crippen LogP contribution is -2.49. The SMILES string of the molecule is CCCCCCCCCCCCN(CCCCCCCCCCCC)C(=O)[C@H](CCC(=O)O)NC(=O)CCN. The van der Waals surface area contributed by atoms with Gasteiger partial charge in [0.15, 0.2) is 0 Å². The molecule has 0 aromatic heterocycles. The topological polar surface area (TPSA) is 113 Å². The van der Waals surface area contributed by atoms with Crippen LogP contribution in [-0.2, 0) is 14.4 Å². The van der Waals surface area contributed by atoms with Crippen molar-refractivity contribution in [2.24, 2.45) is 5.73 Å². The molecule has 0 fully saturated rings. The second-order valence-corrected chi connectivity index (χ2v) is 11.3. The molecule has 0 aliphatic heterocycles. The Bertz CT molecular complexity index is 576. The molecular formula is C32H63N3O4. The number of carboxylic acids is 1. The lowest BCUT2D eigenvalue weighted by atomic mass is 10.0. The summed E-state index contributed by atoms with van der Waals surface area (Å²) in [6.45, 7) is 6.03. The number of unbranched alkanes of at least 4 members (excludes halogenated alkanes) is 18. The van der Waals surface area contributed by atoms with E-state index in [9.17, 15) is 19.5 Å². The summed E-state index contributed by atoms with van der Waals surface area (Å²) in [7, 11) is 0. The molecular weight excluding hydrogens is 490 g/mol. The van der Waals surface area contributed by atoms with Gasteiger partial charge in [0.1, 0.15) is 6.04 Å². The molecule has 7 nitrogen and oxygen atoms in total. The highest BCUT2D eigenvalue weighted by atomic mass is 16.4. The molecule has 0 rings (SSSR count). The number of carboxylic acid groups (broad SMARTS) is 1. The second kappa shape index (κ2) is 27.9. The summed E-state index contributed by atoms with van der Waals surface area (Å²) in [5, 5.41) is 11.9. The fraction of sp³-hybridized carbons (Fsp3) is 0.906. The minimum Gasteiger partial charge on any atom is -0.481 e. The predicted molar refractivity (Wildman–Crippen MR) is 163 cm³/mol. The molecule has 0 aliphatic rings. The molecule has 0 saturated carbocycles. The monoisotopic (exact) mass is 553 g/mol. The number of aliphatic carboxylic acids is 1. The molecule has 0 aliphatic carbocycles. The number of hydrogen-bond donors (Lipinski definition) is 3. The van der Waals surface area contributed by atoms with Crippen LogP contribution in [0.3, 0.4) is 0 Å². The van der Waals surface area contributed by atoms with Gasteiger partial charge in [0.25, 0.3) is 0 Å². The standard InChI is InChI=1S/C32H63N3O4/c1-3-5-7-9-11-13-15-17-19-21-27-35(28-22-20-18-16-14-12-10-8-6-4-2)32(39)29(23-24-31(37)38)34-30(36)25-26-33/h29H,3-28,33H2,1-2H3,(H,34,36)(H,37,38)/t29-/m0/s1. The minimum atomic E-state index is -0.961. The number of nitrogens with two attached hydrogens (primary N) is 1. The Labute approximate surface area is 240 Å². The summed E-state index contributed by atoms with van der Waals surface area (Å²) in [6, 6.07) is -0.800. The molecule has 0 aromatic carbocycles. The van der Waals surface area contributed by atoms with Crippen LogP contribution in [-0.4, -0.2) is 53.5 Å². The molecule has 0 saturated heterocycles. The number of amides is 2. The Balaban J connectivity index is 4.69. The van der Waals surface area contributed by atoms with E-state index >= 15 is 0 Å². The van der Waals surface area contributed by atoms with Crippen molar-refractivity contribution < 1.29 is 19.5 Å². The smallest absolute Gasteiger partial charge is 0.303 e. The van der Waals surface area contributed by atoms with Crippen LogP contribution >= 0.6 is 0 Å². The van der Waals surface area contributed by atoms with E-state index in [1.165, 1.54) is 103 Å². The van der Waals surface area contributed by atoms with Crippen LogP contribution in [0.25, 0.3) is 0 Å². The summed E-state index contributed by atoms with van der Waals surface area (Å²) in [5.41, 5.74) is 5.50. The van der Waals surface area contributed by atoms with Crippen molar-refractivity contribution in [1.82, 2.24) is 10.2 Å². The number of rotatable bonds is 29. The van der Waals surface area contributed by atoms with Crippen molar-refractivity contribution in [1.29, 1.82) is 0 Å². The normalized spacial score (nSPS) is 11.9. The zero-order valence-corrected chi connectivity index (χ0v) is 25.7. The van der Waals surface area contributed by atoms with Crippen LogP contribution in [0.4, 0.5) is 0 Å². The number of hydrogen-bond acceptors (Lipinski definition) is 4. The third-order valence-corrected chi connectivity index (χ3v) is 7.53. The maximum Gasteiger partial charge on any atom is 0.303 e. The maximum absolute atomic E-state index is 13.5. The van der Waals surface area contributed by atoms with Crippen molar-refractivity contribution in [3.8, 4) is 0 Å². The third kappa shape index (κ3) is 23.9. The van der Waals surface area contributed by atoms with Gasteiger partial charge in [0.2, 0.25) is 11.8 Å². The minimum absolute atomic E-state index is 0.108. The fourth-order valence-electron chi connectivity index (χ4n) is 5.06. The molecule has 0 radical (unpaired) electrons. The van der Waals surface area contributed by atoms with E-state index < -0.39 is 12.0 Å². The molecule has 4 N–H and O–H groups in total. The zero-order chi connectivity index (χ0) is 29.0. The van der Waals surface area contributed by atoms with Crippen molar-refractivity contribution in [2.75, 3.05) is 19.6 Å². The van der Waals surface area contributed by atoms with E-state index in [4.69, 9.17) is 5.73 Å². The first-order valence-electron chi connectivity index (χ1n) is 16.5. The molecule has 0 heterocycles. The Kier molecular flexibility index (Phi) is 26.8. The summed E-state index contributed by atoms with van der Waals surface area (Å²) in [6.07, 6.45) is 24.8. The Morgan fingerprint density at radius 1 is 0.641 bits per heavy atom. The first kappa shape index (κ1) is 37.4. The number of carbonyl (C=O) groups excluding carboxylic acids is 2. The summed E-state index contributed by atoms with van der Waals surface area (Å²) in [5.74, 6) is -1.40. The number of nitrogens with one attached hydrogen (secondary N) is 1. The van der Waals surface area contributed by atoms with Crippen molar-refractivity contribution in [3.05, 3.63) is 0 Å². The lowest BCUT2D eigenvalue weighted by molar-refractivity contribution is -0.139. The van der Waals surface area contributed by atoms with Gasteiger partial charge in [-0.3, -0.25) is 14.4 Å². The van der Waals surface area contributed by atoms with Gasteiger partial charge in [-0.2, -0.15) is 0 Å². The second-order valence-electron chi connectivity index (χ2n) is 11.3. The highest BCUT2D eigenvalue weighted by Crippen LogP contribution is 2.14. The van der Waals surface area contributed by atoms with Crippen LogP contribution in [0, 0.1) is 0 Å². The first-order valence-corrected chi connectivity index (χ1v) is 16.5. The summed E-state index contributed by atoms with van der Waals surface area (Å²) >= 11 is 0. The molecule has 2 amide bonds. The maximum atomic E-state index is 13.5. The van der Waals surface area contributed by atoms with Gasteiger partial charge in [0.05, 0.1) is 0 Å². The van der Waals surface area contributed by atoms with Crippen molar-refractivity contribution in [2.45, 2.75) is 168 Å². The van der Waals surface area contributed by atoms with Gasteiger partial charge < -0.3 is 21.1 Å². The quantitative estimate of drug-likeness (QED) is 0.0838. The van der Waals surface area contributed by atoms with Crippen LogP contribution in [0.2, 0.25) is 0 Å². The van der Waals surface area contributed by atoms with Gasteiger partial charge in [-0.05, 0) is 19.3 Å². The third-order valence-electron chi connectivity index (χ3n) is 7.53. The van der Waals surface area contributed by atoms with Crippen LogP contribution in [0.1, 0.15) is 162 Å². The summed E-state index contributed by atoms with van der Waals surface area (Å²) in [4.78, 5) is 38.7. The molecule has 1 atom stereocenters. The van der Waals surface area contributed by atoms with Crippen LogP contribution < -0.4 is 11.1 Å². The largest absolute Gasteiger partial charge is 0.481 e. The van der Waals surface area contributed by atoms with E-state index in [2.05, 4.69) is 19.2 Å². The van der Waals surface area contributed by atoms with E-state index in [0.29, 0.717) is 13.1 Å². The van der Waals surface area contributed by atoms with Crippen molar-refractivity contribution in [3.63, 3.8) is 0 Å². The summed E-state index contributed by atoms with van der Waals surface area (Å²) < 4.78 is 0. The number of carbonyl (C=O) groups is 3.